The van der Waals surface area contributed by atoms with Crippen LogP contribution >= 0.6 is 11.6 Å². The van der Waals surface area contributed by atoms with Crippen molar-refractivity contribution in [2.24, 2.45) is 0 Å². The number of hydrogen-bond acceptors (Lipinski definition) is 3. The van der Waals surface area contributed by atoms with Crippen molar-refractivity contribution in [2.75, 3.05) is 0 Å². The van der Waals surface area contributed by atoms with Crippen molar-refractivity contribution in [3.63, 3.8) is 0 Å². The lowest BCUT2D eigenvalue weighted by molar-refractivity contribution is 0.0842. The number of amides is 1. The summed E-state index contributed by atoms with van der Waals surface area (Å²) in [7, 11) is 0. The van der Waals surface area contributed by atoms with Gasteiger partial charge in [-0.1, -0.05) is 37.6 Å². The van der Waals surface area contributed by atoms with Gasteiger partial charge in [0, 0.05) is 11.6 Å². The van der Waals surface area contributed by atoms with E-state index in [9.17, 15) is 9.90 Å². The van der Waals surface area contributed by atoms with Gasteiger partial charge in [0.15, 0.2) is 0 Å². The summed E-state index contributed by atoms with van der Waals surface area (Å²) in [6.07, 6.45) is -0.811. The van der Waals surface area contributed by atoms with Crippen molar-refractivity contribution in [1.29, 1.82) is 0 Å². The lowest BCUT2D eigenvalue weighted by atomic mass is 10.0. The van der Waals surface area contributed by atoms with Crippen LogP contribution in [0.2, 0.25) is 5.02 Å². The Morgan fingerprint density at radius 2 is 1.92 bits per heavy atom. The maximum atomic E-state index is 12.6. The number of nitrogens with one attached hydrogen (secondary N) is 1. The van der Waals surface area contributed by atoms with Crippen molar-refractivity contribution in [3.8, 4) is 0 Å². The summed E-state index contributed by atoms with van der Waals surface area (Å²) in [6.45, 7) is 8.41. The molecule has 2 aromatic rings. The zero-order valence-electron chi connectivity index (χ0n) is 14.5. The summed E-state index contributed by atoms with van der Waals surface area (Å²) >= 11 is 5.86. The normalized spacial score (nSPS) is 13.8. The number of halogens is 1. The van der Waals surface area contributed by atoms with E-state index in [1.807, 2.05) is 26.8 Å². The fourth-order valence-corrected chi connectivity index (χ4v) is 2.58. The van der Waals surface area contributed by atoms with E-state index < -0.39 is 12.1 Å². The first-order chi connectivity index (χ1) is 11.3. The third kappa shape index (κ3) is 4.16. The minimum Gasteiger partial charge on any atom is -0.386 e. The second kappa shape index (κ2) is 7.81. The van der Waals surface area contributed by atoms with Gasteiger partial charge >= 0.3 is 0 Å². The van der Waals surface area contributed by atoms with Gasteiger partial charge in [0.1, 0.15) is 5.69 Å². The van der Waals surface area contributed by atoms with E-state index >= 15 is 0 Å². The molecule has 1 aromatic heterocycles. The minimum atomic E-state index is -0.811. The Morgan fingerprint density at radius 1 is 1.29 bits per heavy atom. The summed E-state index contributed by atoms with van der Waals surface area (Å²) in [5.74, 6) is 0.0122. The Kier molecular flexibility index (Phi) is 6.02. The van der Waals surface area contributed by atoms with Gasteiger partial charge in [-0.3, -0.25) is 9.48 Å². The minimum absolute atomic E-state index is 0.239. The van der Waals surface area contributed by atoms with E-state index in [1.165, 1.54) is 0 Å². The van der Waals surface area contributed by atoms with Crippen LogP contribution in [0.1, 0.15) is 61.5 Å². The molecule has 0 bridgehead atoms. The van der Waals surface area contributed by atoms with Gasteiger partial charge in [-0.15, -0.1) is 0 Å². The van der Waals surface area contributed by atoms with Crippen LogP contribution in [0.5, 0.6) is 0 Å². The number of carbonyl (C=O) groups excluding carboxylic acids is 1. The smallest absolute Gasteiger partial charge is 0.269 e. The quantitative estimate of drug-likeness (QED) is 0.838. The third-order valence-corrected chi connectivity index (χ3v) is 4.22. The first kappa shape index (κ1) is 18.5. The summed E-state index contributed by atoms with van der Waals surface area (Å²) in [6, 6.07) is 8.31. The average Bonchev–Trinajstić information content (AvgIpc) is 2.99. The van der Waals surface area contributed by atoms with Crippen molar-refractivity contribution in [2.45, 2.75) is 52.3 Å². The molecule has 0 aliphatic heterocycles. The van der Waals surface area contributed by atoms with Crippen molar-refractivity contribution in [3.05, 3.63) is 52.3 Å². The number of aliphatic hydroxyl groups is 1. The molecule has 0 radical (unpaired) electrons. The fourth-order valence-electron chi connectivity index (χ4n) is 2.45. The Bertz CT molecular complexity index is 695. The summed E-state index contributed by atoms with van der Waals surface area (Å²) in [5.41, 5.74) is 2.10. The molecule has 130 valence electrons. The van der Waals surface area contributed by atoms with Gasteiger partial charge in [-0.05, 0) is 43.5 Å². The van der Waals surface area contributed by atoms with Crippen molar-refractivity contribution < 1.29 is 9.90 Å². The Balaban J connectivity index is 2.12. The van der Waals surface area contributed by atoms with Gasteiger partial charge in [0.2, 0.25) is 0 Å². The summed E-state index contributed by atoms with van der Waals surface area (Å²) < 4.78 is 1.69. The SMILES string of the molecule is CCn1nc(C(C)C)cc1C(=O)NC(C)C(O)c1ccc(Cl)cc1. The Morgan fingerprint density at radius 3 is 2.46 bits per heavy atom. The van der Waals surface area contributed by atoms with Crippen LogP contribution in [0.25, 0.3) is 0 Å². The number of hydrogen-bond donors (Lipinski definition) is 2. The highest BCUT2D eigenvalue weighted by molar-refractivity contribution is 6.30. The van der Waals surface area contributed by atoms with Crippen molar-refractivity contribution in [1.82, 2.24) is 15.1 Å². The van der Waals surface area contributed by atoms with Gasteiger partial charge in [0.25, 0.3) is 5.91 Å². The van der Waals surface area contributed by atoms with Crippen LogP contribution < -0.4 is 5.32 Å². The van der Waals surface area contributed by atoms with Crippen LogP contribution in [0, 0.1) is 0 Å². The topological polar surface area (TPSA) is 67.2 Å². The number of aryl methyl sites for hydroxylation is 1. The largest absolute Gasteiger partial charge is 0.386 e. The Hall–Kier alpha value is -1.85. The first-order valence-corrected chi connectivity index (χ1v) is 8.53. The zero-order chi connectivity index (χ0) is 17.9. The van der Waals surface area contributed by atoms with Crippen LogP contribution in [-0.2, 0) is 6.54 Å². The molecule has 1 heterocycles. The molecule has 0 aliphatic rings. The highest BCUT2D eigenvalue weighted by Gasteiger charge is 2.22. The highest BCUT2D eigenvalue weighted by Crippen LogP contribution is 2.20. The number of aromatic nitrogens is 2. The molecule has 6 heteroatoms. The molecule has 0 aliphatic carbocycles. The van der Waals surface area contributed by atoms with E-state index in [0.717, 1.165) is 5.69 Å². The van der Waals surface area contributed by atoms with E-state index in [0.29, 0.717) is 22.8 Å². The summed E-state index contributed by atoms with van der Waals surface area (Å²) in [4.78, 5) is 12.6. The lowest BCUT2D eigenvalue weighted by Crippen LogP contribution is -2.38. The maximum absolute atomic E-state index is 12.6. The molecule has 0 fully saturated rings. The second-order valence-electron chi connectivity index (χ2n) is 6.18. The standard InChI is InChI=1S/C18H24ClN3O2/c1-5-22-16(10-15(21-22)11(2)3)18(24)20-12(4)17(23)13-6-8-14(19)9-7-13/h6-12,17,23H,5H2,1-4H3,(H,20,24). The van der Waals surface area contributed by atoms with Gasteiger partial charge in [-0.25, -0.2) is 0 Å². The van der Waals surface area contributed by atoms with E-state index in [4.69, 9.17) is 11.6 Å². The van der Waals surface area contributed by atoms with Gasteiger partial charge in [0.05, 0.1) is 17.8 Å². The zero-order valence-corrected chi connectivity index (χ0v) is 15.2. The Labute approximate surface area is 147 Å². The molecule has 2 unspecified atom stereocenters. The maximum Gasteiger partial charge on any atom is 0.269 e. The van der Waals surface area contributed by atoms with Crippen molar-refractivity contribution >= 4 is 17.5 Å². The number of nitrogens with zero attached hydrogens (tertiary/aromatic N) is 2. The average molecular weight is 350 g/mol. The number of benzene rings is 1. The monoisotopic (exact) mass is 349 g/mol. The molecule has 2 N–H and O–H groups in total. The number of rotatable bonds is 6. The molecule has 1 aromatic carbocycles. The number of carbonyl (C=O) groups is 1. The summed E-state index contributed by atoms with van der Waals surface area (Å²) in [5, 5.41) is 18.3. The van der Waals surface area contributed by atoms with Crippen LogP contribution in [-0.4, -0.2) is 26.8 Å². The molecular formula is C18H24ClN3O2. The molecule has 2 atom stereocenters. The predicted octanol–water partition coefficient (Wildman–Crippen LogP) is 3.53. The van der Waals surface area contributed by atoms with Gasteiger partial charge < -0.3 is 10.4 Å². The first-order valence-electron chi connectivity index (χ1n) is 8.15. The molecular weight excluding hydrogens is 326 g/mol. The highest BCUT2D eigenvalue weighted by atomic mass is 35.5. The molecule has 0 saturated carbocycles. The number of aliphatic hydroxyl groups excluding tert-OH is 1. The van der Waals surface area contributed by atoms with E-state index in [2.05, 4.69) is 10.4 Å². The lowest BCUT2D eigenvalue weighted by Gasteiger charge is -2.20. The van der Waals surface area contributed by atoms with Gasteiger partial charge in [-0.2, -0.15) is 5.10 Å². The second-order valence-corrected chi connectivity index (χ2v) is 6.62. The fraction of sp³-hybridized carbons (Fsp3) is 0.444. The van der Waals surface area contributed by atoms with E-state index in [-0.39, 0.29) is 11.8 Å². The predicted molar refractivity (Wildman–Crippen MR) is 95.3 cm³/mol. The molecule has 2 rings (SSSR count). The molecule has 0 spiro atoms. The van der Waals surface area contributed by atoms with Crippen LogP contribution in [0.15, 0.2) is 30.3 Å². The van der Waals surface area contributed by atoms with E-state index in [1.54, 1.807) is 35.9 Å². The van der Waals surface area contributed by atoms with Crippen LogP contribution in [0.4, 0.5) is 0 Å². The van der Waals surface area contributed by atoms with Crippen LogP contribution in [0.3, 0.4) is 0 Å². The molecule has 24 heavy (non-hydrogen) atoms. The third-order valence-electron chi connectivity index (χ3n) is 3.97. The molecule has 0 saturated heterocycles. The molecule has 1 amide bonds. The molecule has 5 nitrogen and oxygen atoms in total.